The highest BCUT2D eigenvalue weighted by Gasteiger charge is 2.24. The Morgan fingerprint density at radius 1 is 1.50 bits per heavy atom. The van der Waals surface area contributed by atoms with E-state index in [0.717, 1.165) is 30.9 Å². The average Bonchev–Trinajstić information content (AvgIpc) is 2.88. The normalized spacial score (nSPS) is 22.2. The summed E-state index contributed by atoms with van der Waals surface area (Å²) in [4.78, 5) is 4.13. The fourth-order valence-corrected chi connectivity index (χ4v) is 2.47. The van der Waals surface area contributed by atoms with Crippen molar-refractivity contribution in [2.45, 2.75) is 12.1 Å². The zero-order chi connectivity index (χ0) is 12.4. The predicted octanol–water partition coefficient (Wildman–Crippen LogP) is 1.08. The number of fused-ring (bicyclic) bond motifs is 1. The molecule has 1 saturated heterocycles. The number of likely N-dealkylation sites (N-methyl/N-ethyl adjacent to an activating group) is 1. The van der Waals surface area contributed by atoms with Crippen LogP contribution in [-0.2, 0) is 4.74 Å². The van der Waals surface area contributed by atoms with Gasteiger partial charge in [-0.15, -0.1) is 0 Å². The number of ether oxygens (including phenoxy) is 1. The van der Waals surface area contributed by atoms with E-state index < -0.39 is 0 Å². The highest BCUT2D eigenvalue weighted by molar-refractivity contribution is 5.72. The molecule has 5 heteroatoms. The molecule has 2 N–H and O–H groups in total. The first-order valence-corrected chi connectivity index (χ1v) is 6.20. The molecule has 1 fully saturated rings. The highest BCUT2D eigenvalue weighted by Crippen LogP contribution is 2.22. The highest BCUT2D eigenvalue weighted by atomic mass is 16.5. The summed E-state index contributed by atoms with van der Waals surface area (Å²) in [6.45, 7) is 2.40. The van der Waals surface area contributed by atoms with Crippen LogP contribution in [0.1, 0.15) is 11.6 Å². The Morgan fingerprint density at radius 3 is 3.22 bits per heavy atom. The topological polar surface area (TPSA) is 59.3 Å². The number of hydrogen-bond donors (Lipinski definition) is 2. The molecule has 2 aromatic rings. The Kier molecular flexibility index (Phi) is 3.27. The number of hydrogen-bond acceptors (Lipinski definition) is 5. The van der Waals surface area contributed by atoms with Crippen molar-refractivity contribution in [2.24, 2.45) is 0 Å². The van der Waals surface area contributed by atoms with Crippen molar-refractivity contribution in [3.63, 3.8) is 0 Å². The van der Waals surface area contributed by atoms with Crippen molar-refractivity contribution < 1.29 is 9.15 Å². The average molecular weight is 247 g/mol. The quantitative estimate of drug-likeness (QED) is 0.850. The smallest absolute Gasteiger partial charge is 0.181 e. The lowest BCUT2D eigenvalue weighted by atomic mass is 9.99. The zero-order valence-corrected chi connectivity index (χ0v) is 10.3. The minimum atomic E-state index is 0.208. The summed E-state index contributed by atoms with van der Waals surface area (Å²) in [7, 11) is 1.96. The van der Waals surface area contributed by atoms with Crippen LogP contribution < -0.4 is 10.6 Å². The molecule has 2 atom stereocenters. The van der Waals surface area contributed by atoms with Crippen LogP contribution in [0.4, 0.5) is 0 Å². The molecule has 1 aromatic carbocycles. The first-order valence-electron chi connectivity index (χ1n) is 6.20. The summed E-state index contributed by atoms with van der Waals surface area (Å²) in [6, 6.07) is 6.61. The van der Waals surface area contributed by atoms with E-state index >= 15 is 0 Å². The molecule has 1 aliphatic heterocycles. The van der Waals surface area contributed by atoms with Gasteiger partial charge in [0.15, 0.2) is 12.0 Å². The number of nitrogens with one attached hydrogen (secondary N) is 2. The van der Waals surface area contributed by atoms with Crippen LogP contribution in [0.3, 0.4) is 0 Å². The molecule has 0 amide bonds. The Morgan fingerprint density at radius 2 is 2.44 bits per heavy atom. The summed E-state index contributed by atoms with van der Waals surface area (Å²) in [5, 5.41) is 6.82. The van der Waals surface area contributed by atoms with Crippen LogP contribution in [0.15, 0.2) is 29.0 Å². The van der Waals surface area contributed by atoms with Gasteiger partial charge in [0.1, 0.15) is 5.52 Å². The van der Waals surface area contributed by atoms with Gasteiger partial charge in [0.25, 0.3) is 0 Å². The van der Waals surface area contributed by atoms with Gasteiger partial charge in [-0.3, -0.25) is 0 Å². The van der Waals surface area contributed by atoms with Crippen LogP contribution in [0.25, 0.3) is 11.1 Å². The van der Waals surface area contributed by atoms with Crippen molar-refractivity contribution in [1.82, 2.24) is 15.6 Å². The number of aromatic nitrogens is 1. The van der Waals surface area contributed by atoms with E-state index in [-0.39, 0.29) is 12.1 Å². The van der Waals surface area contributed by atoms with Gasteiger partial charge in [-0.1, -0.05) is 6.07 Å². The van der Waals surface area contributed by atoms with E-state index in [4.69, 9.17) is 9.15 Å². The Balaban J connectivity index is 1.89. The van der Waals surface area contributed by atoms with Gasteiger partial charge < -0.3 is 19.8 Å². The number of morpholine rings is 1. The molecule has 0 spiro atoms. The lowest BCUT2D eigenvalue weighted by Gasteiger charge is -2.31. The maximum atomic E-state index is 5.52. The molecule has 0 saturated carbocycles. The molecule has 0 radical (unpaired) electrons. The molecule has 2 unspecified atom stereocenters. The predicted molar refractivity (Wildman–Crippen MR) is 68.4 cm³/mol. The summed E-state index contributed by atoms with van der Waals surface area (Å²) < 4.78 is 10.9. The summed E-state index contributed by atoms with van der Waals surface area (Å²) >= 11 is 0. The Bertz CT molecular complexity index is 520. The maximum Gasteiger partial charge on any atom is 0.181 e. The van der Waals surface area contributed by atoms with Gasteiger partial charge in [-0.2, -0.15) is 0 Å². The largest absolute Gasteiger partial charge is 0.443 e. The minimum absolute atomic E-state index is 0.208. The monoisotopic (exact) mass is 247 g/mol. The van der Waals surface area contributed by atoms with Gasteiger partial charge in [0, 0.05) is 12.6 Å². The van der Waals surface area contributed by atoms with Crippen LogP contribution in [0, 0.1) is 0 Å². The fourth-order valence-electron chi connectivity index (χ4n) is 2.47. The molecule has 1 aliphatic rings. The third kappa shape index (κ3) is 2.12. The fraction of sp³-hybridized carbons (Fsp3) is 0.462. The first-order chi connectivity index (χ1) is 8.88. The number of oxazole rings is 1. The zero-order valence-electron chi connectivity index (χ0n) is 10.3. The molecule has 96 valence electrons. The lowest BCUT2D eigenvalue weighted by molar-refractivity contribution is 0.0645. The molecule has 0 bridgehead atoms. The molecule has 0 aliphatic carbocycles. The van der Waals surface area contributed by atoms with E-state index in [9.17, 15) is 0 Å². The van der Waals surface area contributed by atoms with Gasteiger partial charge in [0.05, 0.1) is 19.3 Å². The summed E-state index contributed by atoms with van der Waals surface area (Å²) in [5.74, 6) is 0. The molecular weight excluding hydrogens is 230 g/mol. The van der Waals surface area contributed by atoms with E-state index in [1.807, 2.05) is 19.2 Å². The molecule has 18 heavy (non-hydrogen) atoms. The van der Waals surface area contributed by atoms with Crippen molar-refractivity contribution >= 4 is 11.1 Å². The van der Waals surface area contributed by atoms with Gasteiger partial charge >= 0.3 is 0 Å². The second-order valence-corrected chi connectivity index (χ2v) is 4.48. The molecule has 2 heterocycles. The molecule has 3 rings (SSSR count). The summed E-state index contributed by atoms with van der Waals surface area (Å²) in [6.07, 6.45) is 1.48. The summed E-state index contributed by atoms with van der Waals surface area (Å²) in [5.41, 5.74) is 2.90. The van der Waals surface area contributed by atoms with Crippen LogP contribution >= 0.6 is 0 Å². The first kappa shape index (κ1) is 11.6. The SMILES string of the molecule is CNC(c1ccc2ncoc2c1)C1COCCN1. The van der Waals surface area contributed by atoms with Gasteiger partial charge in [0.2, 0.25) is 0 Å². The third-order valence-corrected chi connectivity index (χ3v) is 3.38. The number of nitrogens with zero attached hydrogens (tertiary/aromatic N) is 1. The third-order valence-electron chi connectivity index (χ3n) is 3.38. The van der Waals surface area contributed by atoms with E-state index in [1.165, 1.54) is 12.0 Å². The Hall–Kier alpha value is -1.43. The number of benzene rings is 1. The minimum Gasteiger partial charge on any atom is -0.443 e. The van der Waals surface area contributed by atoms with Gasteiger partial charge in [-0.25, -0.2) is 4.98 Å². The van der Waals surface area contributed by atoms with E-state index in [1.54, 1.807) is 0 Å². The van der Waals surface area contributed by atoms with Crippen LogP contribution in [0.2, 0.25) is 0 Å². The van der Waals surface area contributed by atoms with Crippen molar-refractivity contribution in [2.75, 3.05) is 26.8 Å². The second kappa shape index (κ2) is 5.06. The van der Waals surface area contributed by atoms with Crippen LogP contribution in [0.5, 0.6) is 0 Å². The van der Waals surface area contributed by atoms with Gasteiger partial charge in [-0.05, 0) is 24.7 Å². The molecule has 1 aromatic heterocycles. The van der Waals surface area contributed by atoms with Crippen molar-refractivity contribution in [3.8, 4) is 0 Å². The molecule has 5 nitrogen and oxygen atoms in total. The standard InChI is InChI=1S/C13H17N3O2/c1-14-13(11-7-17-5-4-15-11)9-2-3-10-12(6-9)18-8-16-10/h2-3,6,8,11,13-15H,4-5,7H2,1H3. The Labute approximate surface area is 106 Å². The van der Waals surface area contributed by atoms with E-state index in [0.29, 0.717) is 0 Å². The molecular formula is C13H17N3O2. The maximum absolute atomic E-state index is 5.52. The van der Waals surface area contributed by atoms with Crippen molar-refractivity contribution in [3.05, 3.63) is 30.2 Å². The van der Waals surface area contributed by atoms with Crippen molar-refractivity contribution in [1.29, 1.82) is 0 Å². The lowest BCUT2D eigenvalue weighted by Crippen LogP contribution is -2.48. The van der Waals surface area contributed by atoms with E-state index in [2.05, 4.69) is 21.7 Å². The number of rotatable bonds is 3. The second-order valence-electron chi connectivity index (χ2n) is 4.48. The van der Waals surface area contributed by atoms with Crippen LogP contribution in [-0.4, -0.2) is 37.8 Å².